The molecule has 0 amide bonds. The van der Waals surface area contributed by atoms with Crippen molar-refractivity contribution in [1.82, 2.24) is 4.90 Å². The molecule has 2 N–H and O–H groups in total. The predicted octanol–water partition coefficient (Wildman–Crippen LogP) is 3.84. The summed E-state index contributed by atoms with van der Waals surface area (Å²) in [5.74, 6) is 0.673. The fourth-order valence-corrected chi connectivity index (χ4v) is 3.99. The smallest absolute Gasteiger partial charge is 0.173 e. The predicted molar refractivity (Wildman–Crippen MR) is 113 cm³/mol. The van der Waals surface area contributed by atoms with Crippen LogP contribution in [0.1, 0.15) is 47.0 Å². The molecule has 1 aromatic carbocycles. The van der Waals surface area contributed by atoms with Crippen LogP contribution in [0.2, 0.25) is 5.02 Å². The van der Waals surface area contributed by atoms with E-state index in [0.717, 1.165) is 23.8 Å². The molecule has 1 saturated heterocycles. The monoisotopic (exact) mass is 382 g/mol. The van der Waals surface area contributed by atoms with E-state index >= 15 is 0 Å². The van der Waals surface area contributed by atoms with E-state index in [2.05, 4.69) is 37.9 Å². The fourth-order valence-electron chi connectivity index (χ4n) is 3.46. The van der Waals surface area contributed by atoms with Crippen molar-refractivity contribution in [3.8, 4) is 0 Å². The molecular formula is C20H33ClN3S+. The second-order valence-electron chi connectivity index (χ2n) is 7.83. The van der Waals surface area contributed by atoms with Crippen molar-refractivity contribution in [1.29, 1.82) is 0 Å². The summed E-state index contributed by atoms with van der Waals surface area (Å²) in [4.78, 5) is 4.13. The van der Waals surface area contributed by atoms with Crippen molar-refractivity contribution in [2.24, 2.45) is 5.92 Å². The molecule has 0 aromatic heterocycles. The van der Waals surface area contributed by atoms with Gasteiger partial charge in [-0.05, 0) is 50.5 Å². The van der Waals surface area contributed by atoms with Crippen LogP contribution in [0, 0.1) is 5.92 Å². The molecule has 1 aliphatic heterocycles. The average Bonchev–Trinajstić information content (AvgIpc) is 2.57. The first-order valence-electron chi connectivity index (χ1n) is 9.55. The van der Waals surface area contributed by atoms with Gasteiger partial charge in [0, 0.05) is 25.4 Å². The number of hydrogen-bond acceptors (Lipinski definition) is 1. The SMILES string of the molecule is CC(C)CCN(C(=S)Nc1ccccc1Cl)C1CC[NH+](C(C)C)CC1. The van der Waals surface area contributed by atoms with Gasteiger partial charge in [0.25, 0.3) is 0 Å². The van der Waals surface area contributed by atoms with E-state index < -0.39 is 0 Å². The Morgan fingerprint density at radius 2 is 1.88 bits per heavy atom. The molecule has 1 fully saturated rings. The molecule has 0 atom stereocenters. The number of quaternary nitrogens is 1. The number of thiocarbonyl (C=S) groups is 1. The maximum Gasteiger partial charge on any atom is 0.173 e. The van der Waals surface area contributed by atoms with E-state index in [0.29, 0.717) is 23.0 Å². The summed E-state index contributed by atoms with van der Waals surface area (Å²) < 4.78 is 0. The number of benzene rings is 1. The molecule has 0 aliphatic carbocycles. The standard InChI is InChI=1S/C20H32ClN3S/c1-15(2)9-14-24(17-10-12-23(13-11-17)16(3)4)20(25)22-19-8-6-5-7-18(19)21/h5-8,15-17H,9-14H2,1-4H3,(H,22,25)/p+1. The van der Waals surface area contributed by atoms with Gasteiger partial charge >= 0.3 is 0 Å². The van der Waals surface area contributed by atoms with E-state index in [1.54, 1.807) is 4.90 Å². The zero-order chi connectivity index (χ0) is 18.4. The molecule has 0 saturated carbocycles. The molecule has 0 unspecified atom stereocenters. The van der Waals surface area contributed by atoms with Gasteiger partial charge < -0.3 is 15.1 Å². The van der Waals surface area contributed by atoms with Gasteiger partial charge in [0.15, 0.2) is 5.11 Å². The Balaban J connectivity index is 2.04. The summed E-state index contributed by atoms with van der Waals surface area (Å²) in [6.45, 7) is 12.6. The number of likely N-dealkylation sites (tertiary alicyclic amines) is 1. The Morgan fingerprint density at radius 3 is 2.44 bits per heavy atom. The van der Waals surface area contributed by atoms with Crippen LogP contribution >= 0.6 is 23.8 Å². The van der Waals surface area contributed by atoms with E-state index in [4.69, 9.17) is 23.8 Å². The first-order valence-corrected chi connectivity index (χ1v) is 10.3. The van der Waals surface area contributed by atoms with Gasteiger partial charge in [-0.25, -0.2) is 0 Å². The third kappa shape index (κ3) is 6.12. The highest BCUT2D eigenvalue weighted by Gasteiger charge is 2.29. The summed E-state index contributed by atoms with van der Waals surface area (Å²) in [7, 11) is 0. The molecule has 0 spiro atoms. The fraction of sp³-hybridized carbons (Fsp3) is 0.650. The lowest BCUT2D eigenvalue weighted by molar-refractivity contribution is -0.926. The number of halogens is 1. The van der Waals surface area contributed by atoms with Crippen molar-refractivity contribution in [3.63, 3.8) is 0 Å². The zero-order valence-electron chi connectivity index (χ0n) is 16.0. The van der Waals surface area contributed by atoms with E-state index in [9.17, 15) is 0 Å². The average molecular weight is 383 g/mol. The summed E-state index contributed by atoms with van der Waals surface area (Å²) >= 11 is 12.1. The Morgan fingerprint density at radius 1 is 1.24 bits per heavy atom. The largest absolute Gasteiger partial charge is 0.346 e. The zero-order valence-corrected chi connectivity index (χ0v) is 17.6. The van der Waals surface area contributed by atoms with Crippen LogP contribution in [0.25, 0.3) is 0 Å². The van der Waals surface area contributed by atoms with Crippen molar-refractivity contribution in [2.75, 3.05) is 25.0 Å². The summed E-state index contributed by atoms with van der Waals surface area (Å²) in [6, 6.07) is 9.05. The number of nitrogens with zero attached hydrogens (tertiary/aromatic N) is 1. The molecule has 3 nitrogen and oxygen atoms in total. The minimum absolute atomic E-state index is 0.531. The quantitative estimate of drug-likeness (QED) is 0.729. The highest BCUT2D eigenvalue weighted by molar-refractivity contribution is 7.80. The van der Waals surface area contributed by atoms with Gasteiger partial charge in [-0.15, -0.1) is 0 Å². The highest BCUT2D eigenvalue weighted by Crippen LogP contribution is 2.22. The lowest BCUT2D eigenvalue weighted by Gasteiger charge is -2.39. The van der Waals surface area contributed by atoms with Crippen molar-refractivity contribution in [3.05, 3.63) is 29.3 Å². The number of piperidine rings is 1. The first kappa shape index (κ1) is 20.5. The molecule has 1 aliphatic rings. The maximum absolute atomic E-state index is 6.30. The van der Waals surface area contributed by atoms with Crippen LogP contribution in [-0.2, 0) is 0 Å². The van der Waals surface area contributed by atoms with Crippen molar-refractivity contribution >= 4 is 34.6 Å². The molecule has 0 radical (unpaired) electrons. The Kier molecular flexibility index (Phi) is 7.98. The van der Waals surface area contributed by atoms with Gasteiger partial charge in [0.1, 0.15) is 0 Å². The number of rotatable bonds is 6. The molecule has 140 valence electrons. The summed E-state index contributed by atoms with van der Waals surface area (Å²) in [5, 5.41) is 4.91. The molecule has 5 heteroatoms. The molecule has 1 aromatic rings. The lowest BCUT2D eigenvalue weighted by Crippen LogP contribution is -3.16. The normalized spacial score (nSPS) is 20.8. The van der Waals surface area contributed by atoms with Crippen LogP contribution in [-0.4, -0.2) is 41.7 Å². The van der Waals surface area contributed by atoms with Gasteiger partial charge in [-0.1, -0.05) is 37.6 Å². The molecule has 1 heterocycles. The maximum atomic E-state index is 6.30. The molecular weight excluding hydrogens is 350 g/mol. The Hall–Kier alpha value is -0.840. The van der Waals surface area contributed by atoms with Gasteiger partial charge in [-0.3, -0.25) is 0 Å². The van der Waals surface area contributed by atoms with E-state index in [1.807, 2.05) is 24.3 Å². The number of nitrogens with one attached hydrogen (secondary N) is 2. The van der Waals surface area contributed by atoms with E-state index in [1.165, 1.54) is 25.9 Å². The number of anilines is 1. The Bertz CT molecular complexity index is 554. The number of hydrogen-bond donors (Lipinski definition) is 2. The molecule has 25 heavy (non-hydrogen) atoms. The summed E-state index contributed by atoms with van der Waals surface area (Å²) in [5.41, 5.74) is 0.897. The van der Waals surface area contributed by atoms with E-state index in [-0.39, 0.29) is 0 Å². The second kappa shape index (κ2) is 9.75. The molecule has 0 bridgehead atoms. The van der Waals surface area contributed by atoms with Crippen LogP contribution < -0.4 is 10.2 Å². The van der Waals surface area contributed by atoms with Crippen LogP contribution in [0.4, 0.5) is 5.69 Å². The van der Waals surface area contributed by atoms with Crippen LogP contribution in [0.3, 0.4) is 0 Å². The van der Waals surface area contributed by atoms with Gasteiger partial charge in [0.05, 0.1) is 29.8 Å². The number of para-hydroxylation sites is 1. The molecule has 2 rings (SSSR count). The third-order valence-electron chi connectivity index (χ3n) is 5.18. The lowest BCUT2D eigenvalue weighted by atomic mass is 10.0. The van der Waals surface area contributed by atoms with Crippen molar-refractivity contribution < 1.29 is 4.90 Å². The third-order valence-corrected chi connectivity index (χ3v) is 5.84. The minimum atomic E-state index is 0.531. The van der Waals surface area contributed by atoms with Crippen LogP contribution in [0.5, 0.6) is 0 Å². The topological polar surface area (TPSA) is 19.7 Å². The second-order valence-corrected chi connectivity index (χ2v) is 8.62. The van der Waals surface area contributed by atoms with Crippen LogP contribution in [0.15, 0.2) is 24.3 Å². The summed E-state index contributed by atoms with van der Waals surface area (Å²) in [6.07, 6.45) is 3.56. The Labute approximate surface area is 163 Å². The van der Waals surface area contributed by atoms with Gasteiger partial charge in [0.2, 0.25) is 0 Å². The minimum Gasteiger partial charge on any atom is -0.346 e. The van der Waals surface area contributed by atoms with Crippen molar-refractivity contribution in [2.45, 2.75) is 59.0 Å². The first-order chi connectivity index (χ1) is 11.9. The van der Waals surface area contributed by atoms with Gasteiger partial charge in [-0.2, -0.15) is 0 Å². The highest BCUT2D eigenvalue weighted by atomic mass is 35.5.